The Morgan fingerprint density at radius 1 is 1.07 bits per heavy atom. The topological polar surface area (TPSA) is 92.3 Å². The molecule has 2 heterocycles. The Bertz CT molecular complexity index is 980. The van der Waals surface area contributed by atoms with Gasteiger partial charge in [-0.25, -0.2) is 8.42 Å². The number of carbonyl (C=O) groups excluding carboxylic acids is 1. The molecule has 7 nitrogen and oxygen atoms in total. The molecular weight excluding hydrogens is 396 g/mol. The van der Waals surface area contributed by atoms with E-state index >= 15 is 0 Å². The Balaban J connectivity index is 1.73. The SMILES string of the molecule is Cc1nnc(NC(=O)C2CCN(S(=O)(=O)c3c(C)c(C)cc(C)c3C)CC2)s1. The van der Waals surface area contributed by atoms with Crippen LogP contribution in [0.1, 0.15) is 40.1 Å². The van der Waals surface area contributed by atoms with Crippen molar-refractivity contribution in [3.05, 3.63) is 33.3 Å². The van der Waals surface area contributed by atoms with Crippen LogP contribution >= 0.6 is 11.3 Å². The number of nitrogens with zero attached hydrogens (tertiary/aromatic N) is 3. The Morgan fingerprint density at radius 2 is 1.64 bits per heavy atom. The van der Waals surface area contributed by atoms with Crippen molar-refractivity contribution in [3.63, 3.8) is 0 Å². The molecule has 1 aliphatic rings. The van der Waals surface area contributed by atoms with Gasteiger partial charge in [-0.15, -0.1) is 10.2 Å². The summed E-state index contributed by atoms with van der Waals surface area (Å²) in [6.45, 7) is 10.1. The summed E-state index contributed by atoms with van der Waals surface area (Å²) in [5, 5.41) is 11.9. The molecule has 3 rings (SSSR count). The standard InChI is InChI=1S/C19H26N4O3S2/c1-11-10-12(2)14(4)17(13(11)3)28(25,26)23-8-6-16(7-9-23)18(24)20-19-22-21-15(5)27-19/h10,16H,6-9H2,1-5H3,(H,20,22,24). The van der Waals surface area contributed by atoms with Gasteiger partial charge >= 0.3 is 0 Å². The maximum atomic E-state index is 13.3. The lowest BCUT2D eigenvalue weighted by Gasteiger charge is -2.31. The summed E-state index contributed by atoms with van der Waals surface area (Å²) in [5.41, 5.74) is 3.55. The van der Waals surface area contributed by atoms with E-state index < -0.39 is 10.0 Å². The number of sulfonamides is 1. The van der Waals surface area contributed by atoms with E-state index in [-0.39, 0.29) is 11.8 Å². The fourth-order valence-electron chi connectivity index (χ4n) is 3.61. The fourth-order valence-corrected chi connectivity index (χ4v) is 6.25. The zero-order valence-corrected chi connectivity index (χ0v) is 18.5. The number of benzene rings is 1. The number of rotatable bonds is 4. The number of aryl methyl sites for hydroxylation is 3. The van der Waals surface area contributed by atoms with Gasteiger partial charge in [0, 0.05) is 19.0 Å². The Hall–Kier alpha value is -1.84. The highest BCUT2D eigenvalue weighted by Gasteiger charge is 2.34. The second-order valence-corrected chi connectivity index (χ2v) is 10.4. The van der Waals surface area contributed by atoms with E-state index in [9.17, 15) is 13.2 Å². The first kappa shape index (κ1) is 20.9. The van der Waals surface area contributed by atoms with Crippen molar-refractivity contribution in [1.82, 2.24) is 14.5 Å². The smallest absolute Gasteiger partial charge is 0.243 e. The maximum absolute atomic E-state index is 13.3. The molecule has 152 valence electrons. The van der Waals surface area contributed by atoms with Gasteiger partial charge in [0.1, 0.15) is 5.01 Å². The van der Waals surface area contributed by atoms with Gasteiger partial charge in [0.2, 0.25) is 21.1 Å². The minimum atomic E-state index is -3.59. The van der Waals surface area contributed by atoms with Gasteiger partial charge in [0.25, 0.3) is 0 Å². The molecule has 1 N–H and O–H groups in total. The van der Waals surface area contributed by atoms with E-state index in [2.05, 4.69) is 15.5 Å². The molecule has 0 radical (unpaired) electrons. The molecule has 0 atom stereocenters. The van der Waals surface area contributed by atoms with E-state index in [0.29, 0.717) is 36.0 Å². The highest BCUT2D eigenvalue weighted by Crippen LogP contribution is 2.31. The van der Waals surface area contributed by atoms with Crippen LogP contribution in [-0.4, -0.2) is 41.9 Å². The molecule has 0 unspecified atom stereocenters. The van der Waals surface area contributed by atoms with Gasteiger partial charge in [-0.1, -0.05) is 17.4 Å². The fraction of sp³-hybridized carbons (Fsp3) is 0.526. The average Bonchev–Trinajstić information content (AvgIpc) is 3.05. The van der Waals surface area contributed by atoms with Crippen LogP contribution in [0.4, 0.5) is 5.13 Å². The van der Waals surface area contributed by atoms with Crippen LogP contribution in [0, 0.1) is 40.5 Å². The second-order valence-electron chi connectivity index (χ2n) is 7.38. The van der Waals surface area contributed by atoms with Crippen molar-refractivity contribution in [2.45, 2.75) is 52.4 Å². The van der Waals surface area contributed by atoms with Gasteiger partial charge in [0.05, 0.1) is 4.90 Å². The van der Waals surface area contributed by atoms with Gasteiger partial charge in [0.15, 0.2) is 0 Å². The third-order valence-electron chi connectivity index (χ3n) is 5.48. The average molecular weight is 423 g/mol. The number of piperidine rings is 1. The van der Waals surface area contributed by atoms with E-state index in [0.717, 1.165) is 27.3 Å². The zero-order valence-electron chi connectivity index (χ0n) is 16.9. The van der Waals surface area contributed by atoms with E-state index in [1.807, 2.05) is 40.7 Å². The lowest BCUT2D eigenvalue weighted by molar-refractivity contribution is -0.120. The number of anilines is 1. The summed E-state index contributed by atoms with van der Waals surface area (Å²) in [4.78, 5) is 12.9. The van der Waals surface area contributed by atoms with Crippen LogP contribution < -0.4 is 5.32 Å². The number of carbonyl (C=O) groups is 1. The van der Waals surface area contributed by atoms with Crippen molar-refractivity contribution in [2.75, 3.05) is 18.4 Å². The lowest BCUT2D eigenvalue weighted by Crippen LogP contribution is -2.41. The number of amides is 1. The summed E-state index contributed by atoms with van der Waals surface area (Å²) in [7, 11) is -3.59. The first-order valence-corrected chi connectivity index (χ1v) is 11.6. The van der Waals surface area contributed by atoms with Gasteiger partial charge in [-0.2, -0.15) is 4.31 Å². The molecule has 1 saturated heterocycles. The van der Waals surface area contributed by atoms with Crippen molar-refractivity contribution in [2.24, 2.45) is 5.92 Å². The van der Waals surface area contributed by atoms with E-state index in [1.54, 1.807) is 0 Å². The molecule has 0 aliphatic carbocycles. The molecule has 1 fully saturated rings. The van der Waals surface area contributed by atoms with Gasteiger partial charge < -0.3 is 5.32 Å². The second kappa shape index (κ2) is 7.88. The van der Waals surface area contributed by atoms with Crippen LogP contribution in [-0.2, 0) is 14.8 Å². The zero-order chi connectivity index (χ0) is 20.6. The van der Waals surface area contributed by atoms with Crippen LogP contribution in [0.2, 0.25) is 0 Å². The monoisotopic (exact) mass is 422 g/mol. The minimum Gasteiger partial charge on any atom is -0.300 e. The molecule has 9 heteroatoms. The molecule has 1 aliphatic heterocycles. The van der Waals surface area contributed by atoms with E-state index in [1.165, 1.54) is 15.6 Å². The van der Waals surface area contributed by atoms with Gasteiger partial charge in [-0.3, -0.25) is 4.79 Å². The first-order valence-electron chi connectivity index (χ1n) is 9.29. The van der Waals surface area contributed by atoms with Crippen molar-refractivity contribution >= 4 is 32.4 Å². The normalized spacial score (nSPS) is 16.3. The molecular formula is C19H26N4O3S2. The van der Waals surface area contributed by atoms with Crippen molar-refractivity contribution in [3.8, 4) is 0 Å². The molecule has 1 aromatic carbocycles. The van der Waals surface area contributed by atoms with Crippen LogP contribution in [0.15, 0.2) is 11.0 Å². The van der Waals surface area contributed by atoms with Crippen molar-refractivity contribution < 1.29 is 13.2 Å². The Morgan fingerprint density at radius 3 is 2.14 bits per heavy atom. The molecule has 1 amide bonds. The third-order valence-corrected chi connectivity index (χ3v) is 8.40. The highest BCUT2D eigenvalue weighted by atomic mass is 32.2. The van der Waals surface area contributed by atoms with E-state index in [4.69, 9.17) is 0 Å². The summed E-state index contributed by atoms with van der Waals surface area (Å²) in [6.07, 6.45) is 0.984. The Kier molecular flexibility index (Phi) is 5.88. The number of nitrogens with one attached hydrogen (secondary N) is 1. The summed E-state index contributed by atoms with van der Waals surface area (Å²) in [5.74, 6) is -0.343. The lowest BCUT2D eigenvalue weighted by atomic mass is 9.97. The highest BCUT2D eigenvalue weighted by molar-refractivity contribution is 7.89. The Labute approximate surface area is 170 Å². The molecule has 1 aromatic heterocycles. The minimum absolute atomic E-state index is 0.119. The van der Waals surface area contributed by atoms with Gasteiger partial charge in [-0.05, 0) is 69.7 Å². The summed E-state index contributed by atoms with van der Waals surface area (Å²) >= 11 is 1.33. The molecule has 2 aromatic rings. The summed E-state index contributed by atoms with van der Waals surface area (Å²) < 4.78 is 28.1. The molecule has 0 saturated carbocycles. The van der Waals surface area contributed by atoms with Crippen LogP contribution in [0.3, 0.4) is 0 Å². The predicted octanol–water partition coefficient (Wildman–Crippen LogP) is 3.12. The summed E-state index contributed by atoms with van der Waals surface area (Å²) in [6, 6.07) is 2.02. The van der Waals surface area contributed by atoms with Crippen LogP contribution in [0.5, 0.6) is 0 Å². The maximum Gasteiger partial charge on any atom is 0.243 e. The van der Waals surface area contributed by atoms with Crippen LogP contribution in [0.25, 0.3) is 0 Å². The number of hydrogen-bond acceptors (Lipinski definition) is 6. The molecule has 0 bridgehead atoms. The molecule has 0 spiro atoms. The largest absolute Gasteiger partial charge is 0.300 e. The first-order chi connectivity index (χ1) is 13.1. The predicted molar refractivity (Wildman–Crippen MR) is 110 cm³/mol. The van der Waals surface area contributed by atoms with Crippen molar-refractivity contribution in [1.29, 1.82) is 0 Å². The quantitative estimate of drug-likeness (QED) is 0.817. The number of aromatic nitrogens is 2. The number of hydrogen-bond donors (Lipinski definition) is 1. The third kappa shape index (κ3) is 3.97. The molecule has 28 heavy (non-hydrogen) atoms.